The SMILES string of the molecule is NC1(C(=O)O)CCN(C(=O)Cn2cccn2)C1. The summed E-state index contributed by atoms with van der Waals surface area (Å²) < 4.78 is 1.50. The second-order valence-electron chi connectivity index (χ2n) is 4.23. The number of amides is 1. The van der Waals surface area contributed by atoms with Crippen molar-refractivity contribution < 1.29 is 14.7 Å². The number of hydrogen-bond donors (Lipinski definition) is 2. The topological polar surface area (TPSA) is 101 Å². The van der Waals surface area contributed by atoms with Gasteiger partial charge < -0.3 is 15.7 Å². The van der Waals surface area contributed by atoms with Gasteiger partial charge in [-0.2, -0.15) is 5.10 Å². The van der Waals surface area contributed by atoms with Crippen molar-refractivity contribution in [3.05, 3.63) is 18.5 Å². The Kier molecular flexibility index (Phi) is 2.84. The molecule has 0 radical (unpaired) electrons. The Morgan fingerprint density at radius 1 is 1.53 bits per heavy atom. The number of aliphatic carboxylic acids is 1. The van der Waals surface area contributed by atoms with Crippen molar-refractivity contribution in [3.8, 4) is 0 Å². The van der Waals surface area contributed by atoms with Crippen molar-refractivity contribution >= 4 is 11.9 Å². The van der Waals surface area contributed by atoms with E-state index in [0.717, 1.165) is 0 Å². The lowest BCUT2D eigenvalue weighted by molar-refractivity contribution is -0.143. The van der Waals surface area contributed by atoms with Crippen molar-refractivity contribution in [3.63, 3.8) is 0 Å². The first-order chi connectivity index (χ1) is 8.01. The van der Waals surface area contributed by atoms with Crippen LogP contribution in [0.1, 0.15) is 6.42 Å². The lowest BCUT2D eigenvalue weighted by Gasteiger charge is -2.20. The molecule has 0 aliphatic carbocycles. The fourth-order valence-corrected chi connectivity index (χ4v) is 1.85. The normalized spacial score (nSPS) is 23.9. The Morgan fingerprint density at radius 2 is 2.29 bits per heavy atom. The van der Waals surface area contributed by atoms with Crippen LogP contribution in [-0.4, -0.2) is 50.3 Å². The van der Waals surface area contributed by atoms with Gasteiger partial charge in [0.25, 0.3) is 0 Å². The van der Waals surface area contributed by atoms with Gasteiger partial charge in [0, 0.05) is 25.5 Å². The van der Waals surface area contributed by atoms with E-state index < -0.39 is 11.5 Å². The van der Waals surface area contributed by atoms with Gasteiger partial charge >= 0.3 is 5.97 Å². The van der Waals surface area contributed by atoms with Gasteiger partial charge in [-0.3, -0.25) is 14.3 Å². The Hall–Kier alpha value is -1.89. The highest BCUT2D eigenvalue weighted by atomic mass is 16.4. The zero-order chi connectivity index (χ0) is 12.5. The van der Waals surface area contributed by atoms with Crippen molar-refractivity contribution in [1.29, 1.82) is 0 Å². The van der Waals surface area contributed by atoms with E-state index in [9.17, 15) is 9.59 Å². The van der Waals surface area contributed by atoms with Crippen LogP contribution in [0.4, 0.5) is 0 Å². The number of nitrogens with two attached hydrogens (primary N) is 1. The van der Waals surface area contributed by atoms with Gasteiger partial charge in [-0.15, -0.1) is 0 Å². The summed E-state index contributed by atoms with van der Waals surface area (Å²) in [5, 5.41) is 12.9. The van der Waals surface area contributed by atoms with Gasteiger partial charge in [0.1, 0.15) is 12.1 Å². The Morgan fingerprint density at radius 3 is 2.82 bits per heavy atom. The molecule has 2 heterocycles. The summed E-state index contributed by atoms with van der Waals surface area (Å²) in [5.41, 5.74) is 4.38. The third-order valence-corrected chi connectivity index (χ3v) is 2.94. The van der Waals surface area contributed by atoms with E-state index in [-0.39, 0.29) is 25.4 Å². The predicted molar refractivity (Wildman–Crippen MR) is 58.0 cm³/mol. The van der Waals surface area contributed by atoms with Gasteiger partial charge in [-0.25, -0.2) is 0 Å². The molecular weight excluding hydrogens is 224 g/mol. The van der Waals surface area contributed by atoms with E-state index in [1.165, 1.54) is 9.58 Å². The molecule has 0 aromatic carbocycles. The zero-order valence-electron chi connectivity index (χ0n) is 9.24. The number of carboxylic acids is 1. The van der Waals surface area contributed by atoms with Crippen molar-refractivity contribution in [2.24, 2.45) is 5.73 Å². The van der Waals surface area contributed by atoms with Crippen LogP contribution in [0.3, 0.4) is 0 Å². The summed E-state index contributed by atoms with van der Waals surface area (Å²) in [7, 11) is 0. The molecule has 1 aromatic rings. The molecule has 1 unspecified atom stereocenters. The molecule has 1 aliphatic rings. The van der Waals surface area contributed by atoms with E-state index in [1.807, 2.05) is 0 Å². The van der Waals surface area contributed by atoms with Crippen LogP contribution in [0.25, 0.3) is 0 Å². The lowest BCUT2D eigenvalue weighted by Crippen LogP contribution is -2.50. The van der Waals surface area contributed by atoms with Crippen molar-refractivity contribution in [2.75, 3.05) is 13.1 Å². The van der Waals surface area contributed by atoms with Gasteiger partial charge in [0.2, 0.25) is 5.91 Å². The minimum atomic E-state index is -1.31. The molecule has 1 amide bonds. The Labute approximate surface area is 97.8 Å². The molecule has 3 N–H and O–H groups in total. The predicted octanol–water partition coefficient (Wildman–Crippen LogP) is -1.10. The molecule has 1 atom stereocenters. The first-order valence-corrected chi connectivity index (χ1v) is 5.29. The van der Waals surface area contributed by atoms with E-state index in [1.54, 1.807) is 18.5 Å². The van der Waals surface area contributed by atoms with Crippen LogP contribution in [0, 0.1) is 0 Å². The minimum absolute atomic E-state index is 0.0580. The Bertz CT molecular complexity index is 431. The molecule has 0 saturated carbocycles. The number of rotatable bonds is 3. The van der Waals surface area contributed by atoms with Crippen LogP contribution in [0.5, 0.6) is 0 Å². The summed E-state index contributed by atoms with van der Waals surface area (Å²) >= 11 is 0. The lowest BCUT2D eigenvalue weighted by atomic mass is 10.0. The van der Waals surface area contributed by atoms with E-state index in [4.69, 9.17) is 10.8 Å². The number of carbonyl (C=O) groups is 2. The van der Waals surface area contributed by atoms with Crippen molar-refractivity contribution in [1.82, 2.24) is 14.7 Å². The third-order valence-electron chi connectivity index (χ3n) is 2.94. The fourth-order valence-electron chi connectivity index (χ4n) is 1.85. The maximum Gasteiger partial charge on any atom is 0.325 e. The van der Waals surface area contributed by atoms with E-state index in [2.05, 4.69) is 5.10 Å². The van der Waals surface area contributed by atoms with Crippen molar-refractivity contribution in [2.45, 2.75) is 18.5 Å². The van der Waals surface area contributed by atoms with E-state index >= 15 is 0 Å². The molecule has 1 fully saturated rings. The average molecular weight is 238 g/mol. The molecule has 7 heteroatoms. The number of aromatic nitrogens is 2. The summed E-state index contributed by atoms with van der Waals surface area (Å²) in [4.78, 5) is 24.2. The molecule has 7 nitrogen and oxygen atoms in total. The minimum Gasteiger partial charge on any atom is -0.480 e. The molecule has 1 saturated heterocycles. The molecule has 0 spiro atoms. The molecule has 2 rings (SSSR count). The number of hydrogen-bond acceptors (Lipinski definition) is 4. The molecule has 1 aliphatic heterocycles. The second-order valence-corrected chi connectivity index (χ2v) is 4.23. The summed E-state index contributed by atoms with van der Waals surface area (Å²) in [5.74, 6) is -1.23. The number of nitrogens with zero attached hydrogens (tertiary/aromatic N) is 3. The number of carboxylic acid groups (broad SMARTS) is 1. The first kappa shape index (κ1) is 11.6. The number of carbonyl (C=O) groups excluding carboxylic acids is 1. The maximum atomic E-state index is 11.8. The average Bonchev–Trinajstić information content (AvgIpc) is 2.88. The van der Waals surface area contributed by atoms with Gasteiger partial charge in [0.15, 0.2) is 0 Å². The smallest absolute Gasteiger partial charge is 0.325 e. The van der Waals surface area contributed by atoms with Crippen LogP contribution >= 0.6 is 0 Å². The zero-order valence-corrected chi connectivity index (χ0v) is 9.24. The monoisotopic (exact) mass is 238 g/mol. The molecule has 17 heavy (non-hydrogen) atoms. The maximum absolute atomic E-state index is 11.8. The fraction of sp³-hybridized carbons (Fsp3) is 0.500. The summed E-state index contributed by atoms with van der Waals surface area (Å²) in [6.07, 6.45) is 3.55. The molecular formula is C10H14N4O3. The standard InChI is InChI=1S/C10H14N4O3/c11-10(9(16)17)2-5-13(7-10)8(15)6-14-4-1-3-12-14/h1,3-4H,2,5-7,11H2,(H,16,17). The molecule has 92 valence electrons. The van der Waals surface area contributed by atoms with Gasteiger partial charge in [0.05, 0.1) is 0 Å². The highest BCUT2D eigenvalue weighted by molar-refractivity contribution is 5.83. The van der Waals surface area contributed by atoms with Crippen LogP contribution < -0.4 is 5.73 Å². The van der Waals surface area contributed by atoms with Crippen LogP contribution in [0.15, 0.2) is 18.5 Å². The summed E-state index contributed by atoms with van der Waals surface area (Å²) in [6.45, 7) is 0.550. The first-order valence-electron chi connectivity index (χ1n) is 5.29. The highest BCUT2D eigenvalue weighted by Crippen LogP contribution is 2.19. The van der Waals surface area contributed by atoms with Gasteiger partial charge in [-0.1, -0.05) is 0 Å². The Balaban J connectivity index is 1.97. The summed E-state index contributed by atoms with van der Waals surface area (Å²) in [6, 6.07) is 1.72. The molecule has 0 bridgehead atoms. The van der Waals surface area contributed by atoms with Crippen LogP contribution in [-0.2, 0) is 16.1 Å². The second kappa shape index (κ2) is 4.17. The number of likely N-dealkylation sites (tertiary alicyclic amines) is 1. The highest BCUT2D eigenvalue weighted by Gasteiger charge is 2.42. The third kappa shape index (κ3) is 2.28. The van der Waals surface area contributed by atoms with E-state index in [0.29, 0.717) is 6.54 Å². The quantitative estimate of drug-likeness (QED) is 0.695. The molecule has 1 aromatic heterocycles. The van der Waals surface area contributed by atoms with Crippen LogP contribution in [0.2, 0.25) is 0 Å². The largest absolute Gasteiger partial charge is 0.480 e. The van der Waals surface area contributed by atoms with Gasteiger partial charge in [-0.05, 0) is 12.5 Å².